The lowest BCUT2D eigenvalue weighted by atomic mass is 10.0. The summed E-state index contributed by atoms with van der Waals surface area (Å²) in [5.41, 5.74) is 3.05. The van der Waals surface area contributed by atoms with E-state index < -0.39 is 9.84 Å². The second-order valence-electron chi connectivity index (χ2n) is 10.0. The molecule has 6 nitrogen and oxygen atoms in total. The highest BCUT2D eigenvalue weighted by Crippen LogP contribution is 2.24. The minimum atomic E-state index is -3.60. The first-order valence-corrected chi connectivity index (χ1v) is 14.8. The topological polar surface area (TPSA) is 70.6 Å². The molecule has 1 aliphatic rings. The van der Waals surface area contributed by atoms with Crippen molar-refractivity contribution in [2.75, 3.05) is 32.7 Å². The van der Waals surface area contributed by atoms with Gasteiger partial charge >= 0.3 is 0 Å². The highest BCUT2D eigenvalue weighted by molar-refractivity contribution is 7.90. The van der Waals surface area contributed by atoms with Crippen LogP contribution >= 0.6 is 0 Å². The van der Waals surface area contributed by atoms with Crippen molar-refractivity contribution in [2.45, 2.75) is 29.9 Å². The summed E-state index contributed by atoms with van der Waals surface area (Å²) < 4.78 is 26.4. The molecule has 0 radical (unpaired) electrons. The molecule has 196 valence electrons. The molecular weight excluding hydrogens is 494 g/mol. The van der Waals surface area contributed by atoms with Gasteiger partial charge in [-0.3, -0.25) is 9.78 Å². The van der Waals surface area contributed by atoms with Crippen molar-refractivity contribution in [1.29, 1.82) is 0 Å². The molecule has 1 aliphatic heterocycles. The van der Waals surface area contributed by atoms with E-state index >= 15 is 0 Å². The summed E-state index contributed by atoms with van der Waals surface area (Å²) in [5.74, 6) is 0.289. The van der Waals surface area contributed by atoms with Crippen LogP contribution < -0.4 is 0 Å². The Morgan fingerprint density at radius 2 is 1.63 bits per heavy atom. The Bertz CT molecular complexity index is 1500. The van der Waals surface area contributed by atoms with Gasteiger partial charge in [0.2, 0.25) is 0 Å². The van der Waals surface area contributed by atoms with Crippen molar-refractivity contribution in [3.8, 4) is 0 Å². The first-order chi connectivity index (χ1) is 18.4. The lowest BCUT2D eigenvalue weighted by Gasteiger charge is -2.25. The third-order valence-electron chi connectivity index (χ3n) is 7.26. The van der Waals surface area contributed by atoms with Gasteiger partial charge in [-0.1, -0.05) is 67.6 Å². The third-order valence-corrected chi connectivity index (χ3v) is 8.98. The van der Waals surface area contributed by atoms with E-state index in [1.165, 1.54) is 5.56 Å². The summed E-state index contributed by atoms with van der Waals surface area (Å²) in [4.78, 5) is 22.1. The van der Waals surface area contributed by atoms with Gasteiger partial charge in [0.15, 0.2) is 9.84 Å². The number of carbonyl (C=O) groups excluding carboxylic acids is 1. The average molecular weight is 528 g/mol. The van der Waals surface area contributed by atoms with Crippen LogP contribution in [0, 0.1) is 0 Å². The highest BCUT2D eigenvalue weighted by Gasteiger charge is 2.23. The van der Waals surface area contributed by atoms with Crippen LogP contribution in [-0.4, -0.2) is 61.8 Å². The van der Waals surface area contributed by atoms with Crippen molar-refractivity contribution in [3.05, 3.63) is 108 Å². The largest absolute Gasteiger partial charge is 0.337 e. The normalized spacial score (nSPS) is 15.8. The third kappa shape index (κ3) is 5.95. The van der Waals surface area contributed by atoms with Crippen LogP contribution in [0.3, 0.4) is 0 Å². The number of fused-ring (bicyclic) bond motifs is 1. The number of benzene rings is 3. The fourth-order valence-corrected chi connectivity index (χ4v) is 6.72. The Morgan fingerprint density at radius 1 is 0.868 bits per heavy atom. The zero-order valence-corrected chi connectivity index (χ0v) is 22.5. The number of para-hydroxylation sites is 1. The SMILES string of the molecule is CC(CN1CCCN(C(=O)c2ccc(CS(=O)(=O)c3cccc4cccnc34)cc2)CC1)c1ccccc1. The van der Waals surface area contributed by atoms with Gasteiger partial charge in [-0.05, 0) is 54.3 Å². The standard InChI is InChI=1S/C31H33N3O3S/c1-24(26-8-3-2-4-9-26)22-33-18-7-19-34(21-20-33)31(35)28-15-13-25(14-16-28)23-38(36,37)29-12-5-10-27-11-6-17-32-30(27)29/h2-6,8-17,24H,7,18-23H2,1H3. The Morgan fingerprint density at radius 3 is 2.42 bits per heavy atom. The van der Waals surface area contributed by atoms with Crippen LogP contribution in [0.1, 0.15) is 40.7 Å². The van der Waals surface area contributed by atoms with E-state index in [9.17, 15) is 13.2 Å². The van der Waals surface area contributed by atoms with Crippen molar-refractivity contribution in [3.63, 3.8) is 0 Å². The predicted octanol–water partition coefficient (Wildman–Crippen LogP) is 5.16. The molecule has 5 rings (SSSR count). The van der Waals surface area contributed by atoms with Gasteiger partial charge in [0, 0.05) is 43.3 Å². The van der Waals surface area contributed by atoms with Crippen LogP contribution in [0.2, 0.25) is 0 Å². The monoisotopic (exact) mass is 527 g/mol. The van der Waals surface area contributed by atoms with E-state index in [0.717, 1.165) is 38.0 Å². The molecule has 1 atom stereocenters. The molecule has 3 aromatic carbocycles. The highest BCUT2D eigenvalue weighted by atomic mass is 32.2. The molecule has 1 saturated heterocycles. The van der Waals surface area contributed by atoms with Gasteiger partial charge in [-0.25, -0.2) is 8.42 Å². The molecule has 1 unspecified atom stereocenters. The fraction of sp³-hybridized carbons (Fsp3) is 0.290. The minimum Gasteiger partial charge on any atom is -0.337 e. The van der Waals surface area contributed by atoms with Crippen LogP contribution in [0.5, 0.6) is 0 Å². The zero-order valence-electron chi connectivity index (χ0n) is 21.7. The number of hydrogen-bond donors (Lipinski definition) is 0. The summed E-state index contributed by atoms with van der Waals surface area (Å²) in [5, 5.41) is 0.792. The molecule has 0 spiro atoms. The quantitative estimate of drug-likeness (QED) is 0.332. The Labute approximate surface area is 224 Å². The molecule has 1 amide bonds. The maximum atomic E-state index is 13.2. The van der Waals surface area contributed by atoms with Crippen molar-refractivity contribution in [1.82, 2.24) is 14.8 Å². The Kier molecular flexibility index (Phi) is 7.86. The van der Waals surface area contributed by atoms with Gasteiger partial charge in [0.1, 0.15) is 0 Å². The maximum Gasteiger partial charge on any atom is 0.253 e. The molecule has 2 heterocycles. The van der Waals surface area contributed by atoms with E-state index in [1.54, 1.807) is 48.7 Å². The van der Waals surface area contributed by atoms with Crippen LogP contribution in [0.25, 0.3) is 10.9 Å². The van der Waals surface area contributed by atoms with E-state index in [4.69, 9.17) is 0 Å². The van der Waals surface area contributed by atoms with E-state index in [1.807, 2.05) is 23.1 Å². The summed E-state index contributed by atoms with van der Waals surface area (Å²) >= 11 is 0. The number of nitrogens with zero attached hydrogens (tertiary/aromatic N) is 3. The zero-order chi connectivity index (χ0) is 26.5. The van der Waals surface area contributed by atoms with Crippen LogP contribution in [0.15, 0.2) is 96.0 Å². The molecule has 0 N–H and O–H groups in total. The van der Waals surface area contributed by atoms with Gasteiger partial charge in [0.25, 0.3) is 5.91 Å². The fourth-order valence-electron chi connectivity index (χ4n) is 5.18. The number of pyridine rings is 1. The molecule has 4 aromatic rings. The van der Waals surface area contributed by atoms with Crippen molar-refractivity contribution >= 4 is 26.6 Å². The number of amides is 1. The van der Waals surface area contributed by atoms with E-state index in [-0.39, 0.29) is 16.6 Å². The first-order valence-electron chi connectivity index (χ1n) is 13.1. The molecular formula is C31H33N3O3S. The summed E-state index contributed by atoms with van der Waals surface area (Å²) in [6.07, 6.45) is 2.54. The molecule has 1 fully saturated rings. The molecule has 0 bridgehead atoms. The lowest BCUT2D eigenvalue weighted by Crippen LogP contribution is -2.36. The van der Waals surface area contributed by atoms with Crippen molar-refractivity contribution in [2.24, 2.45) is 0 Å². The van der Waals surface area contributed by atoms with Gasteiger partial charge in [-0.15, -0.1) is 0 Å². The first kappa shape index (κ1) is 26.1. The molecule has 7 heteroatoms. The lowest BCUT2D eigenvalue weighted by molar-refractivity contribution is 0.0761. The number of aromatic nitrogens is 1. The summed E-state index contributed by atoms with van der Waals surface area (Å²) in [7, 11) is -3.60. The molecule has 0 saturated carbocycles. The second kappa shape index (κ2) is 11.5. The Hall–Kier alpha value is -3.55. The maximum absolute atomic E-state index is 13.2. The number of rotatable bonds is 7. The van der Waals surface area contributed by atoms with Gasteiger partial charge in [-0.2, -0.15) is 0 Å². The average Bonchev–Trinajstić information content (AvgIpc) is 3.18. The number of hydrogen-bond acceptors (Lipinski definition) is 5. The van der Waals surface area contributed by atoms with Crippen LogP contribution in [0.4, 0.5) is 0 Å². The number of carbonyl (C=O) groups is 1. The van der Waals surface area contributed by atoms with Gasteiger partial charge in [0.05, 0.1) is 16.2 Å². The Balaban J connectivity index is 1.21. The number of sulfone groups is 1. The molecule has 38 heavy (non-hydrogen) atoms. The molecule has 1 aromatic heterocycles. The van der Waals surface area contributed by atoms with E-state index in [2.05, 4.69) is 41.1 Å². The summed E-state index contributed by atoms with van der Waals surface area (Å²) in [6.45, 7) is 6.45. The predicted molar refractivity (Wildman–Crippen MR) is 151 cm³/mol. The van der Waals surface area contributed by atoms with E-state index in [0.29, 0.717) is 29.1 Å². The minimum absolute atomic E-state index is 0.00406. The van der Waals surface area contributed by atoms with Crippen LogP contribution in [-0.2, 0) is 15.6 Å². The molecule has 0 aliphatic carbocycles. The smallest absolute Gasteiger partial charge is 0.253 e. The summed E-state index contributed by atoms with van der Waals surface area (Å²) in [6, 6.07) is 26.4. The van der Waals surface area contributed by atoms with Gasteiger partial charge < -0.3 is 9.80 Å². The second-order valence-corrected chi connectivity index (χ2v) is 12.0. The van der Waals surface area contributed by atoms with Crippen molar-refractivity contribution < 1.29 is 13.2 Å².